The highest BCUT2D eigenvalue weighted by molar-refractivity contribution is 9.11. The fourth-order valence-electron chi connectivity index (χ4n) is 1.41. The monoisotopic (exact) mass is 367 g/mol. The molecule has 0 saturated heterocycles. The van der Waals surface area contributed by atoms with E-state index in [4.69, 9.17) is 23.2 Å². The standard InChI is InChI=1S/C10H5Br2Cl2N/c1-4-2-5(11)9(14)7-8(12)6(13)3-15-10(4)7/h2-3H,1H3. The van der Waals surface area contributed by atoms with Gasteiger partial charge in [0, 0.05) is 20.5 Å². The molecule has 15 heavy (non-hydrogen) atoms. The third-order valence-corrected chi connectivity index (χ3v) is 4.70. The Labute approximate surface area is 114 Å². The van der Waals surface area contributed by atoms with Gasteiger partial charge in [0.2, 0.25) is 0 Å². The number of aromatic nitrogens is 1. The van der Waals surface area contributed by atoms with E-state index >= 15 is 0 Å². The van der Waals surface area contributed by atoms with Gasteiger partial charge in [-0.1, -0.05) is 23.2 Å². The van der Waals surface area contributed by atoms with Gasteiger partial charge in [0.15, 0.2) is 0 Å². The predicted molar refractivity (Wildman–Crippen MR) is 71.9 cm³/mol. The molecule has 0 aliphatic heterocycles. The lowest BCUT2D eigenvalue weighted by Crippen LogP contribution is -1.87. The van der Waals surface area contributed by atoms with Crippen LogP contribution in [0.2, 0.25) is 10.0 Å². The summed E-state index contributed by atoms with van der Waals surface area (Å²) in [7, 11) is 0. The number of halogens is 4. The fourth-order valence-corrected chi connectivity index (χ4v) is 2.93. The summed E-state index contributed by atoms with van der Waals surface area (Å²) < 4.78 is 1.63. The smallest absolute Gasteiger partial charge is 0.0759 e. The molecule has 2 aromatic rings. The van der Waals surface area contributed by atoms with E-state index in [1.807, 2.05) is 13.0 Å². The Morgan fingerprint density at radius 2 is 1.93 bits per heavy atom. The Kier molecular flexibility index (Phi) is 3.27. The SMILES string of the molecule is Cc1cc(Br)c(Cl)c2c(Br)c(Cl)cnc12. The van der Waals surface area contributed by atoms with Gasteiger partial charge >= 0.3 is 0 Å². The molecule has 78 valence electrons. The van der Waals surface area contributed by atoms with Crippen molar-refractivity contribution in [3.8, 4) is 0 Å². The molecule has 0 spiro atoms. The zero-order valence-corrected chi connectivity index (χ0v) is 12.3. The van der Waals surface area contributed by atoms with Crippen LogP contribution in [-0.4, -0.2) is 4.98 Å². The second-order valence-electron chi connectivity index (χ2n) is 3.13. The predicted octanol–water partition coefficient (Wildman–Crippen LogP) is 5.38. The van der Waals surface area contributed by atoms with Crippen LogP contribution in [0.15, 0.2) is 21.2 Å². The third kappa shape index (κ3) is 1.91. The lowest BCUT2D eigenvalue weighted by atomic mass is 10.1. The van der Waals surface area contributed by atoms with Gasteiger partial charge in [-0.15, -0.1) is 0 Å². The third-order valence-electron chi connectivity index (χ3n) is 2.12. The van der Waals surface area contributed by atoms with Crippen molar-refractivity contribution in [2.75, 3.05) is 0 Å². The van der Waals surface area contributed by atoms with Crippen molar-refractivity contribution in [3.63, 3.8) is 0 Å². The van der Waals surface area contributed by atoms with Gasteiger partial charge in [-0.25, -0.2) is 0 Å². The summed E-state index contributed by atoms with van der Waals surface area (Å²) in [5, 5.41) is 2.02. The van der Waals surface area contributed by atoms with E-state index in [1.165, 1.54) is 0 Å². The summed E-state index contributed by atoms with van der Waals surface area (Å²) >= 11 is 19.0. The molecular formula is C10H5Br2Cl2N. The Balaban J connectivity index is 3.04. The number of benzene rings is 1. The first-order chi connectivity index (χ1) is 7.02. The molecule has 0 saturated carbocycles. The molecule has 0 aliphatic rings. The number of rotatable bonds is 0. The maximum absolute atomic E-state index is 6.20. The molecule has 0 fully saturated rings. The average molecular weight is 370 g/mol. The minimum absolute atomic E-state index is 0.557. The number of aryl methyl sites for hydroxylation is 1. The minimum Gasteiger partial charge on any atom is -0.254 e. The van der Waals surface area contributed by atoms with Crippen LogP contribution in [-0.2, 0) is 0 Å². The highest BCUT2D eigenvalue weighted by atomic mass is 79.9. The fraction of sp³-hybridized carbons (Fsp3) is 0.100. The molecule has 0 bridgehead atoms. The van der Waals surface area contributed by atoms with Gasteiger partial charge in [-0.05, 0) is 50.4 Å². The van der Waals surface area contributed by atoms with Crippen LogP contribution in [0, 0.1) is 6.92 Å². The van der Waals surface area contributed by atoms with Crippen LogP contribution in [0.5, 0.6) is 0 Å². The number of pyridine rings is 1. The summed E-state index contributed by atoms with van der Waals surface area (Å²) in [6.07, 6.45) is 1.62. The topological polar surface area (TPSA) is 12.9 Å². The van der Waals surface area contributed by atoms with Crippen molar-refractivity contribution >= 4 is 66.0 Å². The van der Waals surface area contributed by atoms with Crippen LogP contribution in [0.1, 0.15) is 5.56 Å². The van der Waals surface area contributed by atoms with Crippen molar-refractivity contribution in [2.45, 2.75) is 6.92 Å². The molecule has 1 aromatic heterocycles. The molecule has 0 atom stereocenters. The number of fused-ring (bicyclic) bond motifs is 1. The normalized spacial score (nSPS) is 11.0. The second kappa shape index (κ2) is 4.21. The van der Waals surface area contributed by atoms with Crippen molar-refractivity contribution in [1.82, 2.24) is 4.98 Å². The molecule has 1 nitrogen and oxygen atoms in total. The van der Waals surface area contributed by atoms with Gasteiger partial charge in [0.25, 0.3) is 0 Å². The Morgan fingerprint density at radius 1 is 1.27 bits per heavy atom. The highest BCUT2D eigenvalue weighted by Crippen LogP contribution is 2.39. The lowest BCUT2D eigenvalue weighted by Gasteiger charge is -2.08. The molecule has 2 rings (SSSR count). The van der Waals surface area contributed by atoms with Crippen LogP contribution in [0.3, 0.4) is 0 Å². The summed E-state index contributed by atoms with van der Waals surface area (Å²) in [5.74, 6) is 0. The van der Waals surface area contributed by atoms with Gasteiger partial charge in [0.05, 0.1) is 15.6 Å². The van der Waals surface area contributed by atoms with E-state index in [0.29, 0.717) is 10.0 Å². The molecule has 0 amide bonds. The first kappa shape index (κ1) is 11.6. The molecule has 0 aliphatic carbocycles. The zero-order valence-electron chi connectivity index (χ0n) is 7.61. The van der Waals surface area contributed by atoms with Gasteiger partial charge in [-0.3, -0.25) is 4.98 Å². The Hall–Kier alpha value is 0.170. The molecular weight excluding hydrogens is 365 g/mol. The van der Waals surface area contributed by atoms with Crippen LogP contribution in [0.4, 0.5) is 0 Å². The first-order valence-corrected chi connectivity index (χ1v) is 6.45. The molecule has 0 N–H and O–H groups in total. The molecule has 1 aromatic carbocycles. The number of nitrogens with zero attached hydrogens (tertiary/aromatic N) is 1. The van der Waals surface area contributed by atoms with Crippen molar-refractivity contribution < 1.29 is 0 Å². The largest absolute Gasteiger partial charge is 0.254 e. The van der Waals surface area contributed by atoms with Crippen LogP contribution in [0.25, 0.3) is 10.9 Å². The van der Waals surface area contributed by atoms with Gasteiger partial charge in [0.1, 0.15) is 0 Å². The second-order valence-corrected chi connectivity index (χ2v) is 5.57. The Morgan fingerprint density at radius 3 is 2.60 bits per heavy atom. The molecule has 0 radical (unpaired) electrons. The average Bonchev–Trinajstić information content (AvgIpc) is 2.19. The van der Waals surface area contributed by atoms with E-state index in [2.05, 4.69) is 36.8 Å². The maximum atomic E-state index is 6.20. The summed E-state index contributed by atoms with van der Waals surface area (Å²) in [6, 6.07) is 1.94. The van der Waals surface area contributed by atoms with E-state index in [-0.39, 0.29) is 0 Å². The van der Waals surface area contributed by atoms with Crippen LogP contribution < -0.4 is 0 Å². The van der Waals surface area contributed by atoms with Crippen molar-refractivity contribution in [1.29, 1.82) is 0 Å². The van der Waals surface area contributed by atoms with E-state index in [9.17, 15) is 0 Å². The summed E-state index contributed by atoms with van der Waals surface area (Å²) in [5.41, 5.74) is 1.91. The Bertz CT molecular complexity index is 547. The van der Waals surface area contributed by atoms with Gasteiger partial charge < -0.3 is 0 Å². The highest BCUT2D eigenvalue weighted by Gasteiger charge is 2.13. The number of hydrogen-bond donors (Lipinski definition) is 0. The molecule has 0 unspecified atom stereocenters. The first-order valence-electron chi connectivity index (χ1n) is 4.10. The maximum Gasteiger partial charge on any atom is 0.0759 e. The quantitative estimate of drug-likeness (QED) is 0.608. The van der Waals surface area contributed by atoms with E-state index in [0.717, 1.165) is 25.4 Å². The van der Waals surface area contributed by atoms with Crippen LogP contribution >= 0.6 is 55.1 Å². The van der Waals surface area contributed by atoms with E-state index < -0.39 is 0 Å². The lowest BCUT2D eigenvalue weighted by molar-refractivity contribution is 1.35. The molecule has 5 heteroatoms. The summed E-state index contributed by atoms with van der Waals surface area (Å²) in [6.45, 7) is 1.98. The van der Waals surface area contributed by atoms with Crippen molar-refractivity contribution in [2.24, 2.45) is 0 Å². The zero-order chi connectivity index (χ0) is 11.2. The van der Waals surface area contributed by atoms with Crippen molar-refractivity contribution in [3.05, 3.63) is 36.8 Å². The van der Waals surface area contributed by atoms with E-state index in [1.54, 1.807) is 6.20 Å². The number of hydrogen-bond acceptors (Lipinski definition) is 1. The minimum atomic E-state index is 0.557. The van der Waals surface area contributed by atoms with Gasteiger partial charge in [-0.2, -0.15) is 0 Å². The summed E-state index contributed by atoms with van der Waals surface area (Å²) in [4.78, 5) is 4.28. The molecule has 1 heterocycles.